The second kappa shape index (κ2) is 10.1. The van der Waals surface area contributed by atoms with E-state index in [-0.39, 0.29) is 16.8 Å². The van der Waals surface area contributed by atoms with Crippen LogP contribution in [-0.4, -0.2) is 64.6 Å². The van der Waals surface area contributed by atoms with Crippen LogP contribution in [0.2, 0.25) is 5.02 Å². The summed E-state index contributed by atoms with van der Waals surface area (Å²) in [4.78, 5) is 26.8. The van der Waals surface area contributed by atoms with Gasteiger partial charge >= 0.3 is 0 Å². The van der Waals surface area contributed by atoms with Gasteiger partial charge in [-0.2, -0.15) is 0 Å². The Kier molecular flexibility index (Phi) is 6.84. The molecule has 1 saturated heterocycles. The van der Waals surface area contributed by atoms with E-state index in [1.165, 1.54) is 38.1 Å². The second-order valence-electron chi connectivity index (χ2n) is 11.3. The number of nitrogens with zero attached hydrogens (tertiary/aromatic N) is 4. The lowest BCUT2D eigenvalue weighted by Gasteiger charge is -2.38. The quantitative estimate of drug-likeness (QED) is 0.539. The SMILES string of the molecule is C[C@@H]1C[C@H](O)c2ncnc(N3CCN(C(=O)[C@H](CNC(C4CC4)C4CC4)c4ccc(Cl)c(F)c4)CC3)c21. The Bertz CT molecular complexity index is 1150. The number of piperazine rings is 1. The number of rotatable bonds is 8. The van der Waals surface area contributed by atoms with E-state index in [9.17, 15) is 14.3 Å². The fourth-order valence-electron chi connectivity index (χ4n) is 6.27. The molecule has 37 heavy (non-hydrogen) atoms. The number of benzene rings is 1. The summed E-state index contributed by atoms with van der Waals surface area (Å²) in [6, 6.07) is 5.21. The molecule has 2 aromatic rings. The normalized spacial score (nSPS) is 24.5. The minimum atomic E-state index is -0.544. The monoisotopic (exact) mass is 527 g/mol. The molecule has 0 unspecified atom stereocenters. The van der Waals surface area contributed by atoms with E-state index >= 15 is 0 Å². The van der Waals surface area contributed by atoms with Crippen LogP contribution in [0.5, 0.6) is 0 Å². The summed E-state index contributed by atoms with van der Waals surface area (Å²) in [7, 11) is 0. The Morgan fingerprint density at radius 3 is 2.51 bits per heavy atom. The van der Waals surface area contributed by atoms with E-state index in [4.69, 9.17) is 11.6 Å². The number of carbonyl (C=O) groups excluding carboxylic acids is 1. The third kappa shape index (κ3) is 5.08. The predicted octanol–water partition coefficient (Wildman–Crippen LogP) is 4.02. The van der Waals surface area contributed by atoms with Crippen LogP contribution in [0.25, 0.3) is 0 Å². The standard InChI is InChI=1S/C28H35ClFN5O2/c1-16-12-23(36)26-24(16)27(33-15-32-26)34-8-10-35(11-9-34)28(37)20(19-6-7-21(29)22(30)13-19)14-31-25(17-2-3-17)18-4-5-18/h6-7,13,15-18,20,23,25,31,36H,2-5,8-12,14H2,1H3/t16-,20-,23+/m1/s1. The van der Waals surface area contributed by atoms with E-state index < -0.39 is 17.8 Å². The van der Waals surface area contributed by atoms with Crippen molar-refractivity contribution in [2.45, 2.75) is 63.0 Å². The number of carbonyl (C=O) groups is 1. The van der Waals surface area contributed by atoms with E-state index in [0.29, 0.717) is 62.6 Å². The molecule has 0 spiro atoms. The summed E-state index contributed by atoms with van der Waals surface area (Å²) in [5.74, 6) is 1.57. The number of nitrogens with one attached hydrogen (secondary N) is 1. The van der Waals surface area contributed by atoms with Crippen LogP contribution in [0, 0.1) is 17.7 Å². The van der Waals surface area contributed by atoms with Gasteiger partial charge in [0.05, 0.1) is 22.7 Å². The topological polar surface area (TPSA) is 81.6 Å². The largest absolute Gasteiger partial charge is 0.387 e. The molecule has 198 valence electrons. The fraction of sp³-hybridized carbons (Fsp3) is 0.607. The van der Waals surface area contributed by atoms with Gasteiger partial charge in [0, 0.05) is 44.3 Å². The van der Waals surface area contributed by atoms with Crippen LogP contribution in [-0.2, 0) is 4.79 Å². The van der Waals surface area contributed by atoms with Crippen molar-refractivity contribution in [1.29, 1.82) is 0 Å². The van der Waals surface area contributed by atoms with E-state index in [0.717, 1.165) is 17.1 Å². The zero-order valence-corrected chi connectivity index (χ0v) is 22.0. The minimum absolute atomic E-state index is 0.0240. The molecule has 4 aliphatic rings. The van der Waals surface area contributed by atoms with E-state index in [2.05, 4.69) is 27.1 Å². The first-order valence-corrected chi connectivity index (χ1v) is 14.0. The summed E-state index contributed by atoms with van der Waals surface area (Å²) in [5.41, 5.74) is 2.43. The number of hydrogen-bond acceptors (Lipinski definition) is 6. The Morgan fingerprint density at radius 1 is 1.16 bits per heavy atom. The fourth-order valence-corrected chi connectivity index (χ4v) is 6.39. The molecule has 2 saturated carbocycles. The van der Waals surface area contributed by atoms with Gasteiger partial charge in [-0.1, -0.05) is 24.6 Å². The maximum absolute atomic E-state index is 14.4. The first-order valence-electron chi connectivity index (χ1n) is 13.7. The summed E-state index contributed by atoms with van der Waals surface area (Å²) >= 11 is 5.96. The smallest absolute Gasteiger partial charge is 0.231 e. The van der Waals surface area contributed by atoms with Crippen LogP contribution in [0.3, 0.4) is 0 Å². The molecule has 2 heterocycles. The van der Waals surface area contributed by atoms with Gasteiger partial charge in [-0.05, 0) is 67.6 Å². The summed E-state index contributed by atoms with van der Waals surface area (Å²) in [6.07, 6.45) is 6.67. The molecule has 0 bridgehead atoms. The number of fused-ring (bicyclic) bond motifs is 1. The first-order chi connectivity index (χ1) is 17.9. The molecule has 3 fully saturated rings. The Labute approximate surface area is 222 Å². The Hall–Kier alpha value is -2.29. The summed E-state index contributed by atoms with van der Waals surface area (Å²) in [5, 5.41) is 14.1. The van der Waals surface area contributed by atoms with Crippen LogP contribution in [0.1, 0.15) is 73.8 Å². The van der Waals surface area contributed by atoms with Crippen LogP contribution >= 0.6 is 11.6 Å². The lowest BCUT2D eigenvalue weighted by atomic mass is 9.95. The van der Waals surface area contributed by atoms with Gasteiger partial charge in [-0.25, -0.2) is 14.4 Å². The number of aliphatic hydroxyl groups is 1. The maximum Gasteiger partial charge on any atom is 0.231 e. The highest BCUT2D eigenvalue weighted by atomic mass is 35.5. The third-order valence-electron chi connectivity index (χ3n) is 8.63. The number of halogens is 2. The van der Waals surface area contributed by atoms with Gasteiger partial charge in [0.15, 0.2) is 0 Å². The van der Waals surface area contributed by atoms with Gasteiger partial charge in [0.1, 0.15) is 18.0 Å². The first kappa shape index (κ1) is 25.0. The zero-order chi connectivity index (χ0) is 25.7. The van der Waals surface area contributed by atoms with Crippen molar-refractivity contribution in [2.75, 3.05) is 37.6 Å². The highest BCUT2D eigenvalue weighted by Crippen LogP contribution is 2.45. The molecular formula is C28H35ClFN5O2. The van der Waals surface area contributed by atoms with Gasteiger partial charge in [-0.3, -0.25) is 4.79 Å². The number of aliphatic hydroxyl groups excluding tert-OH is 1. The summed E-state index contributed by atoms with van der Waals surface area (Å²) in [6.45, 7) is 5.04. The van der Waals surface area contributed by atoms with Crippen LogP contribution in [0.4, 0.5) is 10.2 Å². The van der Waals surface area contributed by atoms with Crippen molar-refractivity contribution in [2.24, 2.45) is 11.8 Å². The number of hydrogen-bond donors (Lipinski definition) is 2. The molecule has 9 heteroatoms. The van der Waals surface area contributed by atoms with Gasteiger partial charge < -0.3 is 20.2 Å². The van der Waals surface area contributed by atoms with E-state index in [1.54, 1.807) is 12.1 Å². The number of anilines is 1. The molecule has 1 aromatic carbocycles. The maximum atomic E-state index is 14.4. The second-order valence-corrected chi connectivity index (χ2v) is 11.7. The molecule has 3 aliphatic carbocycles. The predicted molar refractivity (Wildman–Crippen MR) is 140 cm³/mol. The van der Waals surface area contributed by atoms with Gasteiger partial charge in [-0.15, -0.1) is 0 Å². The average Bonchev–Trinajstić information content (AvgIpc) is 3.83. The Morgan fingerprint density at radius 2 is 1.86 bits per heavy atom. The number of amides is 1. The highest BCUT2D eigenvalue weighted by Gasteiger charge is 2.42. The highest BCUT2D eigenvalue weighted by molar-refractivity contribution is 6.30. The molecule has 6 rings (SSSR count). The number of aromatic nitrogens is 2. The third-order valence-corrected chi connectivity index (χ3v) is 8.94. The average molecular weight is 528 g/mol. The molecule has 2 N–H and O–H groups in total. The molecule has 1 aliphatic heterocycles. The van der Waals surface area contributed by atoms with Crippen LogP contribution in [0.15, 0.2) is 24.5 Å². The van der Waals surface area contributed by atoms with Crippen molar-refractivity contribution in [3.8, 4) is 0 Å². The summed E-state index contributed by atoms with van der Waals surface area (Å²) < 4.78 is 14.4. The molecular weight excluding hydrogens is 493 g/mol. The zero-order valence-electron chi connectivity index (χ0n) is 21.2. The van der Waals surface area contributed by atoms with Crippen molar-refractivity contribution in [1.82, 2.24) is 20.2 Å². The molecule has 3 atom stereocenters. The van der Waals surface area contributed by atoms with Crippen molar-refractivity contribution < 1.29 is 14.3 Å². The van der Waals surface area contributed by atoms with Crippen molar-refractivity contribution in [3.05, 3.63) is 52.2 Å². The van der Waals surface area contributed by atoms with Gasteiger partial charge in [0.2, 0.25) is 5.91 Å². The van der Waals surface area contributed by atoms with Gasteiger partial charge in [0.25, 0.3) is 0 Å². The molecule has 1 aromatic heterocycles. The lowest BCUT2D eigenvalue weighted by molar-refractivity contribution is -0.133. The molecule has 7 nitrogen and oxygen atoms in total. The molecule has 0 radical (unpaired) electrons. The van der Waals surface area contributed by atoms with Crippen LogP contribution < -0.4 is 10.2 Å². The minimum Gasteiger partial charge on any atom is -0.387 e. The Balaban J connectivity index is 1.17. The lowest BCUT2D eigenvalue weighted by Crippen LogP contribution is -2.52. The van der Waals surface area contributed by atoms with Crippen molar-refractivity contribution >= 4 is 23.3 Å². The molecule has 1 amide bonds. The van der Waals surface area contributed by atoms with Crippen molar-refractivity contribution in [3.63, 3.8) is 0 Å². The van der Waals surface area contributed by atoms with E-state index in [1.807, 2.05) is 4.90 Å².